The minimum atomic E-state index is 0.465. The summed E-state index contributed by atoms with van der Waals surface area (Å²) < 4.78 is 0. The third kappa shape index (κ3) is 3.76. The summed E-state index contributed by atoms with van der Waals surface area (Å²) in [7, 11) is 0. The maximum atomic E-state index is 3.44. The van der Waals surface area contributed by atoms with E-state index in [0.717, 1.165) is 0 Å². The number of unbranched alkanes of at least 4 members (excludes halogenated alkanes) is 1. The molecule has 2 heteroatoms. The van der Waals surface area contributed by atoms with Crippen molar-refractivity contribution in [1.82, 2.24) is 10.2 Å². The van der Waals surface area contributed by atoms with Crippen molar-refractivity contribution in [2.24, 2.45) is 0 Å². The predicted octanol–water partition coefficient (Wildman–Crippen LogP) is 2.64. The monoisotopic (exact) mass is 212 g/mol. The fourth-order valence-electron chi connectivity index (χ4n) is 2.74. The highest BCUT2D eigenvalue weighted by atomic mass is 15.2. The molecule has 0 aromatic rings. The molecule has 1 unspecified atom stereocenters. The van der Waals surface area contributed by atoms with Crippen LogP contribution in [0.15, 0.2) is 0 Å². The first-order valence-corrected chi connectivity index (χ1v) is 6.68. The van der Waals surface area contributed by atoms with Crippen LogP contribution >= 0.6 is 0 Å². The fourth-order valence-corrected chi connectivity index (χ4v) is 2.74. The third-order valence-corrected chi connectivity index (χ3v) is 3.74. The van der Waals surface area contributed by atoms with Crippen LogP contribution in [0.3, 0.4) is 0 Å². The van der Waals surface area contributed by atoms with Crippen molar-refractivity contribution >= 4 is 0 Å². The van der Waals surface area contributed by atoms with Gasteiger partial charge in [0.05, 0.1) is 0 Å². The molecule has 0 aliphatic carbocycles. The van der Waals surface area contributed by atoms with Gasteiger partial charge in [0.25, 0.3) is 0 Å². The van der Waals surface area contributed by atoms with Gasteiger partial charge in [0, 0.05) is 31.7 Å². The average Bonchev–Trinajstić information content (AvgIpc) is 2.28. The largest absolute Gasteiger partial charge is 0.314 e. The van der Waals surface area contributed by atoms with Crippen LogP contribution < -0.4 is 5.32 Å². The molecule has 0 aromatic carbocycles. The Balaban J connectivity index is 2.52. The van der Waals surface area contributed by atoms with Gasteiger partial charge in [-0.3, -0.25) is 4.90 Å². The molecule has 1 aliphatic rings. The molecule has 0 saturated carbocycles. The lowest BCUT2D eigenvalue weighted by molar-refractivity contribution is 0.0695. The van der Waals surface area contributed by atoms with Gasteiger partial charge in [0.1, 0.15) is 0 Å². The summed E-state index contributed by atoms with van der Waals surface area (Å²) in [6.45, 7) is 11.9. The van der Waals surface area contributed by atoms with E-state index in [9.17, 15) is 0 Å². The molecule has 0 aromatic heterocycles. The number of hydrogen-bond donors (Lipinski definition) is 1. The molecule has 2 nitrogen and oxygen atoms in total. The van der Waals surface area contributed by atoms with Crippen molar-refractivity contribution in [2.45, 2.75) is 58.4 Å². The maximum Gasteiger partial charge on any atom is 0.0182 e. The fraction of sp³-hybridized carbons (Fsp3) is 1.00. The minimum Gasteiger partial charge on any atom is -0.314 e. The Kier molecular flexibility index (Phi) is 5.62. The Labute approximate surface area is 95.4 Å². The van der Waals surface area contributed by atoms with E-state index in [1.165, 1.54) is 58.3 Å². The quantitative estimate of drug-likeness (QED) is 0.728. The normalized spacial score (nSPS) is 22.6. The van der Waals surface area contributed by atoms with Crippen LogP contribution in [-0.4, -0.2) is 36.6 Å². The van der Waals surface area contributed by atoms with E-state index in [1.807, 2.05) is 0 Å². The van der Waals surface area contributed by atoms with Gasteiger partial charge in [0.15, 0.2) is 0 Å². The predicted molar refractivity (Wildman–Crippen MR) is 67.3 cm³/mol. The molecule has 0 spiro atoms. The molecule has 0 radical (unpaired) electrons. The summed E-state index contributed by atoms with van der Waals surface area (Å²) in [6.07, 6.45) is 6.74. The van der Waals surface area contributed by atoms with Gasteiger partial charge in [-0.05, 0) is 19.8 Å². The van der Waals surface area contributed by atoms with Gasteiger partial charge in [0.2, 0.25) is 0 Å². The zero-order chi connectivity index (χ0) is 11.1. The zero-order valence-corrected chi connectivity index (χ0v) is 10.8. The zero-order valence-electron chi connectivity index (χ0n) is 10.8. The van der Waals surface area contributed by atoms with Gasteiger partial charge in [-0.1, -0.05) is 33.1 Å². The van der Waals surface area contributed by atoms with Gasteiger partial charge < -0.3 is 5.32 Å². The number of nitrogens with zero attached hydrogens (tertiary/aromatic N) is 1. The molecular weight excluding hydrogens is 184 g/mol. The lowest BCUT2D eigenvalue weighted by Crippen LogP contribution is -2.54. The van der Waals surface area contributed by atoms with Gasteiger partial charge in [-0.25, -0.2) is 0 Å². The number of rotatable bonds is 6. The first-order chi connectivity index (χ1) is 7.23. The SMILES string of the molecule is CCCCC(C)(CCC)N1CCNCC1. The summed E-state index contributed by atoms with van der Waals surface area (Å²) in [5, 5.41) is 3.44. The van der Waals surface area contributed by atoms with Crippen molar-refractivity contribution in [2.75, 3.05) is 26.2 Å². The summed E-state index contributed by atoms with van der Waals surface area (Å²) in [5.41, 5.74) is 0.465. The van der Waals surface area contributed by atoms with Crippen LogP contribution in [-0.2, 0) is 0 Å². The molecule has 0 bridgehead atoms. The molecule has 1 fully saturated rings. The summed E-state index contributed by atoms with van der Waals surface area (Å²) >= 11 is 0. The van der Waals surface area contributed by atoms with Crippen LogP contribution in [0.2, 0.25) is 0 Å². The van der Waals surface area contributed by atoms with Crippen molar-refractivity contribution in [3.8, 4) is 0 Å². The molecule has 1 aliphatic heterocycles. The van der Waals surface area contributed by atoms with Crippen molar-refractivity contribution in [3.63, 3.8) is 0 Å². The molecule has 1 N–H and O–H groups in total. The maximum absolute atomic E-state index is 3.44. The van der Waals surface area contributed by atoms with E-state index in [0.29, 0.717) is 5.54 Å². The van der Waals surface area contributed by atoms with Crippen molar-refractivity contribution < 1.29 is 0 Å². The van der Waals surface area contributed by atoms with Gasteiger partial charge >= 0.3 is 0 Å². The van der Waals surface area contributed by atoms with Crippen LogP contribution in [0.4, 0.5) is 0 Å². The third-order valence-electron chi connectivity index (χ3n) is 3.74. The lowest BCUT2D eigenvalue weighted by atomic mass is 9.87. The first kappa shape index (κ1) is 13.0. The number of piperazine rings is 1. The average molecular weight is 212 g/mol. The van der Waals surface area contributed by atoms with E-state index in [4.69, 9.17) is 0 Å². The van der Waals surface area contributed by atoms with Crippen LogP contribution in [0.5, 0.6) is 0 Å². The van der Waals surface area contributed by atoms with E-state index in [2.05, 4.69) is 31.0 Å². The Hall–Kier alpha value is -0.0800. The number of nitrogens with one attached hydrogen (secondary N) is 1. The second-order valence-electron chi connectivity index (χ2n) is 5.09. The highest BCUT2D eigenvalue weighted by molar-refractivity contribution is 4.88. The van der Waals surface area contributed by atoms with E-state index >= 15 is 0 Å². The summed E-state index contributed by atoms with van der Waals surface area (Å²) in [6, 6.07) is 0. The summed E-state index contributed by atoms with van der Waals surface area (Å²) in [4.78, 5) is 2.71. The Bertz CT molecular complexity index is 164. The van der Waals surface area contributed by atoms with Gasteiger partial charge in [-0.2, -0.15) is 0 Å². The minimum absolute atomic E-state index is 0.465. The molecule has 90 valence electrons. The van der Waals surface area contributed by atoms with Crippen molar-refractivity contribution in [1.29, 1.82) is 0 Å². The number of hydrogen-bond acceptors (Lipinski definition) is 2. The first-order valence-electron chi connectivity index (χ1n) is 6.68. The van der Waals surface area contributed by atoms with Crippen LogP contribution in [0.1, 0.15) is 52.9 Å². The highest BCUT2D eigenvalue weighted by Gasteiger charge is 2.30. The standard InChI is InChI=1S/C13H28N2/c1-4-6-8-13(3,7-5-2)15-11-9-14-10-12-15/h14H,4-12H2,1-3H3. The van der Waals surface area contributed by atoms with E-state index in [1.54, 1.807) is 0 Å². The summed E-state index contributed by atoms with van der Waals surface area (Å²) in [5.74, 6) is 0. The molecular formula is C13H28N2. The Morgan fingerprint density at radius 3 is 2.27 bits per heavy atom. The van der Waals surface area contributed by atoms with Crippen LogP contribution in [0.25, 0.3) is 0 Å². The molecule has 1 rings (SSSR count). The lowest BCUT2D eigenvalue weighted by Gasteiger charge is -2.44. The Morgan fingerprint density at radius 1 is 1.07 bits per heavy atom. The second-order valence-corrected chi connectivity index (χ2v) is 5.09. The highest BCUT2D eigenvalue weighted by Crippen LogP contribution is 2.27. The molecule has 0 amide bonds. The van der Waals surface area contributed by atoms with Crippen molar-refractivity contribution in [3.05, 3.63) is 0 Å². The smallest absolute Gasteiger partial charge is 0.0182 e. The molecule has 1 saturated heterocycles. The van der Waals surface area contributed by atoms with Crippen LogP contribution in [0, 0.1) is 0 Å². The molecule has 1 heterocycles. The van der Waals surface area contributed by atoms with E-state index in [-0.39, 0.29) is 0 Å². The van der Waals surface area contributed by atoms with E-state index < -0.39 is 0 Å². The molecule has 1 atom stereocenters. The Morgan fingerprint density at radius 2 is 1.73 bits per heavy atom. The second kappa shape index (κ2) is 6.49. The van der Waals surface area contributed by atoms with Gasteiger partial charge in [-0.15, -0.1) is 0 Å². The molecule has 15 heavy (non-hydrogen) atoms. The topological polar surface area (TPSA) is 15.3 Å².